The number of hydrogen-bond acceptors (Lipinski definition) is 5. The van der Waals surface area contributed by atoms with E-state index in [9.17, 15) is 5.11 Å². The van der Waals surface area contributed by atoms with Crippen LogP contribution in [-0.4, -0.2) is 41.1 Å². The molecule has 0 fully saturated rings. The van der Waals surface area contributed by atoms with Crippen LogP contribution in [0.3, 0.4) is 0 Å². The molecule has 0 radical (unpaired) electrons. The van der Waals surface area contributed by atoms with Gasteiger partial charge in [-0.3, -0.25) is 0 Å². The summed E-state index contributed by atoms with van der Waals surface area (Å²) >= 11 is 5.66. The van der Waals surface area contributed by atoms with Crippen molar-refractivity contribution in [2.45, 2.75) is 6.61 Å². The average Bonchev–Trinajstić information content (AvgIpc) is 3.02. The van der Waals surface area contributed by atoms with Gasteiger partial charge in [0.2, 0.25) is 0 Å². The molecule has 0 bridgehead atoms. The van der Waals surface area contributed by atoms with Crippen molar-refractivity contribution < 1.29 is 9.84 Å². The molecule has 0 atom stereocenters. The minimum absolute atomic E-state index is 0.102. The fraction of sp³-hybridized carbons (Fsp3) is 0.222. The highest BCUT2D eigenvalue weighted by Gasteiger charge is 2.16. The number of rotatable bonds is 5. The molecule has 0 aliphatic carbocycles. The molecule has 2 aromatic carbocycles. The largest absolute Gasteiger partial charge is 0.496 e. The Balaban J connectivity index is 2.08. The maximum absolute atomic E-state index is 9.45. The Bertz CT molecular complexity index is 861. The number of aliphatic hydroxyl groups excluding tert-OH is 1. The maximum Gasteiger partial charge on any atom is 0.150 e. The molecule has 0 saturated heterocycles. The van der Waals surface area contributed by atoms with Gasteiger partial charge in [0.05, 0.1) is 29.6 Å². The fourth-order valence-electron chi connectivity index (χ4n) is 2.68. The van der Waals surface area contributed by atoms with E-state index in [-0.39, 0.29) is 6.61 Å². The summed E-state index contributed by atoms with van der Waals surface area (Å²) < 4.78 is 5.30. The quantitative estimate of drug-likeness (QED) is 0.552. The molecule has 3 rings (SSSR count). The van der Waals surface area contributed by atoms with Crippen molar-refractivity contribution in [3.8, 4) is 5.75 Å². The summed E-state index contributed by atoms with van der Waals surface area (Å²) in [7, 11) is 5.55. The summed E-state index contributed by atoms with van der Waals surface area (Å²) in [4.78, 5) is 10.5. The Morgan fingerprint density at radius 1 is 1.29 bits per heavy atom. The molecule has 0 aliphatic rings. The zero-order chi connectivity index (χ0) is 17.3. The van der Waals surface area contributed by atoms with Gasteiger partial charge in [0, 0.05) is 37.0 Å². The Labute approximate surface area is 145 Å². The first-order valence-corrected chi connectivity index (χ1v) is 7.94. The number of aliphatic hydroxyl groups is 1. The Morgan fingerprint density at radius 2 is 2.04 bits per heavy atom. The SMILES string of the molecule is COc1cc2[nH]c(C(=S)c3ccccc3N(C)C)nc2cc1CO. The van der Waals surface area contributed by atoms with Crippen molar-refractivity contribution >= 4 is 33.8 Å². The lowest BCUT2D eigenvalue weighted by atomic mass is 10.1. The van der Waals surface area contributed by atoms with Crippen LogP contribution in [0, 0.1) is 0 Å². The van der Waals surface area contributed by atoms with E-state index in [1.165, 1.54) is 0 Å². The van der Waals surface area contributed by atoms with Gasteiger partial charge >= 0.3 is 0 Å². The lowest BCUT2D eigenvalue weighted by Crippen LogP contribution is -2.14. The van der Waals surface area contributed by atoms with Gasteiger partial charge in [-0.15, -0.1) is 0 Å². The average molecular weight is 341 g/mol. The third kappa shape index (κ3) is 2.86. The first kappa shape index (κ1) is 16.4. The Morgan fingerprint density at radius 3 is 2.71 bits per heavy atom. The molecular weight excluding hydrogens is 322 g/mol. The normalized spacial score (nSPS) is 10.8. The number of fused-ring (bicyclic) bond motifs is 1. The Kier molecular flexibility index (Phi) is 4.51. The predicted molar refractivity (Wildman–Crippen MR) is 100 cm³/mol. The van der Waals surface area contributed by atoms with Crippen LogP contribution in [0.2, 0.25) is 0 Å². The van der Waals surface area contributed by atoms with E-state index in [4.69, 9.17) is 17.0 Å². The Hall–Kier alpha value is -2.44. The van der Waals surface area contributed by atoms with Crippen molar-refractivity contribution in [1.82, 2.24) is 9.97 Å². The fourth-order valence-corrected chi connectivity index (χ4v) is 2.95. The molecule has 0 saturated carbocycles. The lowest BCUT2D eigenvalue weighted by molar-refractivity contribution is 0.274. The number of aromatic nitrogens is 2. The molecule has 1 aromatic heterocycles. The van der Waals surface area contributed by atoms with E-state index in [0.29, 0.717) is 22.0 Å². The summed E-state index contributed by atoms with van der Waals surface area (Å²) in [6.07, 6.45) is 0. The first-order chi connectivity index (χ1) is 11.5. The number of ether oxygens (including phenoxy) is 1. The summed E-state index contributed by atoms with van der Waals surface area (Å²) in [5.74, 6) is 1.26. The van der Waals surface area contributed by atoms with Crippen LogP contribution in [0.1, 0.15) is 17.0 Å². The van der Waals surface area contributed by atoms with E-state index in [0.717, 1.165) is 22.3 Å². The van der Waals surface area contributed by atoms with Gasteiger partial charge in [-0.25, -0.2) is 4.98 Å². The summed E-state index contributed by atoms with van der Waals surface area (Å²) in [6.45, 7) is -0.102. The number of thiocarbonyl (C=S) groups is 1. The van der Waals surface area contributed by atoms with Crippen LogP contribution in [0.15, 0.2) is 36.4 Å². The molecular formula is C18H19N3O2S. The van der Waals surface area contributed by atoms with Crippen molar-refractivity contribution in [3.05, 3.63) is 53.3 Å². The van der Waals surface area contributed by atoms with E-state index in [1.807, 2.05) is 55.4 Å². The molecule has 2 N–H and O–H groups in total. The molecule has 124 valence electrons. The minimum atomic E-state index is -0.102. The van der Waals surface area contributed by atoms with Crippen molar-refractivity contribution in [2.75, 3.05) is 26.1 Å². The van der Waals surface area contributed by atoms with Crippen LogP contribution in [-0.2, 0) is 6.61 Å². The van der Waals surface area contributed by atoms with E-state index in [1.54, 1.807) is 7.11 Å². The van der Waals surface area contributed by atoms with Gasteiger partial charge in [0.15, 0.2) is 0 Å². The molecule has 0 spiro atoms. The number of imidazole rings is 1. The van der Waals surface area contributed by atoms with Gasteiger partial charge in [-0.05, 0) is 12.1 Å². The minimum Gasteiger partial charge on any atom is -0.496 e. The number of anilines is 1. The van der Waals surface area contributed by atoms with Crippen LogP contribution < -0.4 is 9.64 Å². The van der Waals surface area contributed by atoms with Gasteiger partial charge in [-0.2, -0.15) is 0 Å². The number of nitrogens with one attached hydrogen (secondary N) is 1. The number of para-hydroxylation sites is 1. The molecule has 1 heterocycles. The van der Waals surface area contributed by atoms with Crippen LogP contribution in [0.25, 0.3) is 11.0 Å². The van der Waals surface area contributed by atoms with Crippen LogP contribution >= 0.6 is 12.2 Å². The highest BCUT2D eigenvalue weighted by molar-refractivity contribution is 7.81. The number of H-pyrrole nitrogens is 1. The van der Waals surface area contributed by atoms with Gasteiger partial charge in [0.1, 0.15) is 11.6 Å². The van der Waals surface area contributed by atoms with E-state index in [2.05, 4.69) is 9.97 Å². The molecule has 0 aliphatic heterocycles. The predicted octanol–water partition coefficient (Wildman–Crippen LogP) is 2.90. The second-order valence-electron chi connectivity index (χ2n) is 5.67. The number of methoxy groups -OCH3 is 1. The van der Waals surface area contributed by atoms with E-state index >= 15 is 0 Å². The topological polar surface area (TPSA) is 61.4 Å². The zero-order valence-electron chi connectivity index (χ0n) is 13.8. The van der Waals surface area contributed by atoms with Crippen molar-refractivity contribution in [3.63, 3.8) is 0 Å². The molecule has 6 heteroatoms. The summed E-state index contributed by atoms with van der Waals surface area (Å²) in [5, 5.41) is 9.45. The van der Waals surface area contributed by atoms with Crippen molar-refractivity contribution in [1.29, 1.82) is 0 Å². The summed E-state index contributed by atoms with van der Waals surface area (Å²) in [6, 6.07) is 11.6. The first-order valence-electron chi connectivity index (χ1n) is 7.53. The van der Waals surface area contributed by atoms with Crippen LogP contribution in [0.5, 0.6) is 5.75 Å². The smallest absolute Gasteiger partial charge is 0.150 e. The molecule has 24 heavy (non-hydrogen) atoms. The molecule has 0 amide bonds. The third-order valence-electron chi connectivity index (χ3n) is 3.90. The molecule has 5 nitrogen and oxygen atoms in total. The number of benzene rings is 2. The van der Waals surface area contributed by atoms with E-state index < -0.39 is 0 Å². The third-order valence-corrected chi connectivity index (χ3v) is 4.31. The van der Waals surface area contributed by atoms with Gasteiger partial charge in [-0.1, -0.05) is 30.4 Å². The van der Waals surface area contributed by atoms with Crippen molar-refractivity contribution in [2.24, 2.45) is 0 Å². The maximum atomic E-state index is 9.45. The highest BCUT2D eigenvalue weighted by atomic mass is 32.1. The number of nitrogens with zero attached hydrogens (tertiary/aromatic N) is 2. The molecule has 0 unspecified atom stereocenters. The van der Waals surface area contributed by atoms with Crippen LogP contribution in [0.4, 0.5) is 5.69 Å². The van der Waals surface area contributed by atoms with Gasteiger partial charge in [0.25, 0.3) is 0 Å². The second-order valence-corrected chi connectivity index (χ2v) is 6.07. The van der Waals surface area contributed by atoms with Gasteiger partial charge < -0.3 is 19.7 Å². The number of aromatic amines is 1. The monoisotopic (exact) mass is 341 g/mol. The molecule has 3 aromatic rings. The standard InChI is InChI=1S/C18H19N3O2S/c1-21(2)15-7-5-4-6-12(15)17(24)18-19-13-8-11(10-22)16(23-3)9-14(13)20-18/h4-9,22H,10H2,1-3H3,(H,19,20). The summed E-state index contributed by atoms with van der Waals surface area (Å²) in [5.41, 5.74) is 4.26. The number of hydrogen-bond donors (Lipinski definition) is 2. The highest BCUT2D eigenvalue weighted by Crippen LogP contribution is 2.27. The zero-order valence-corrected chi connectivity index (χ0v) is 14.6. The second kappa shape index (κ2) is 6.59. The lowest BCUT2D eigenvalue weighted by Gasteiger charge is -2.17.